The number of hydrogen-bond donors (Lipinski definition) is 1. The zero-order chi connectivity index (χ0) is 12.6. The fourth-order valence-corrected chi connectivity index (χ4v) is 2.00. The second kappa shape index (κ2) is 4.22. The second-order valence-corrected chi connectivity index (χ2v) is 4.51. The van der Waals surface area contributed by atoms with Crippen molar-refractivity contribution in [3.8, 4) is 0 Å². The summed E-state index contributed by atoms with van der Waals surface area (Å²) in [6.07, 6.45) is 0. The predicted molar refractivity (Wildman–Crippen MR) is 67.3 cm³/mol. The lowest BCUT2D eigenvalue weighted by Gasteiger charge is -2.10. The number of carboxylic acids is 1. The van der Waals surface area contributed by atoms with Gasteiger partial charge in [-0.2, -0.15) is 0 Å². The van der Waals surface area contributed by atoms with Crippen molar-refractivity contribution in [3.05, 3.63) is 35.5 Å². The Kier molecular flexibility index (Phi) is 2.90. The molecule has 1 N–H and O–H groups in total. The molecular formula is C13H16N2O2. The van der Waals surface area contributed by atoms with E-state index in [1.807, 2.05) is 31.8 Å². The number of carboxylic acid groups (broad SMARTS) is 1. The van der Waals surface area contributed by atoms with E-state index in [1.165, 1.54) is 5.69 Å². The fraction of sp³-hybridized carbons (Fsp3) is 0.308. The van der Waals surface area contributed by atoms with Gasteiger partial charge >= 0.3 is 5.97 Å². The summed E-state index contributed by atoms with van der Waals surface area (Å²) < 4.78 is 2.04. The van der Waals surface area contributed by atoms with Crippen molar-refractivity contribution in [2.45, 2.75) is 6.54 Å². The summed E-state index contributed by atoms with van der Waals surface area (Å²) in [4.78, 5) is 13.0. The third-order valence-corrected chi connectivity index (χ3v) is 2.87. The number of aromatic carboxylic acids is 1. The molecule has 17 heavy (non-hydrogen) atoms. The first-order chi connectivity index (χ1) is 7.99. The van der Waals surface area contributed by atoms with Crippen molar-refractivity contribution in [2.24, 2.45) is 7.05 Å². The molecular weight excluding hydrogens is 216 g/mol. The average molecular weight is 232 g/mol. The molecule has 2 aromatic rings. The number of fused-ring (bicyclic) bond motifs is 1. The van der Waals surface area contributed by atoms with E-state index in [-0.39, 0.29) is 0 Å². The van der Waals surface area contributed by atoms with Crippen LogP contribution in [0.1, 0.15) is 16.1 Å². The molecule has 0 spiro atoms. The Morgan fingerprint density at radius 2 is 2.06 bits per heavy atom. The summed E-state index contributed by atoms with van der Waals surface area (Å²) in [5, 5.41) is 10.0. The zero-order valence-electron chi connectivity index (χ0n) is 10.3. The number of benzene rings is 1. The Morgan fingerprint density at radius 1 is 1.35 bits per heavy atom. The van der Waals surface area contributed by atoms with E-state index in [0.29, 0.717) is 5.56 Å². The van der Waals surface area contributed by atoms with Crippen molar-refractivity contribution in [3.63, 3.8) is 0 Å². The first kappa shape index (κ1) is 11.7. The maximum absolute atomic E-state index is 10.9. The van der Waals surface area contributed by atoms with Crippen LogP contribution in [-0.4, -0.2) is 34.6 Å². The van der Waals surface area contributed by atoms with Gasteiger partial charge in [0.1, 0.15) is 0 Å². The van der Waals surface area contributed by atoms with Gasteiger partial charge in [-0.3, -0.25) is 0 Å². The molecule has 0 aliphatic carbocycles. The molecule has 0 aliphatic heterocycles. The van der Waals surface area contributed by atoms with Crippen LogP contribution in [0.5, 0.6) is 0 Å². The highest BCUT2D eigenvalue weighted by Crippen LogP contribution is 2.21. The molecule has 90 valence electrons. The van der Waals surface area contributed by atoms with Crippen LogP contribution >= 0.6 is 0 Å². The molecule has 2 rings (SSSR count). The molecule has 1 heterocycles. The molecule has 0 bridgehead atoms. The molecule has 0 aliphatic rings. The summed E-state index contributed by atoms with van der Waals surface area (Å²) in [6.45, 7) is 0.841. The highest BCUT2D eigenvalue weighted by atomic mass is 16.4. The van der Waals surface area contributed by atoms with Crippen molar-refractivity contribution in [1.29, 1.82) is 0 Å². The van der Waals surface area contributed by atoms with Crippen LogP contribution < -0.4 is 0 Å². The van der Waals surface area contributed by atoms with Crippen LogP contribution in [-0.2, 0) is 13.6 Å². The quantitative estimate of drug-likeness (QED) is 0.879. The summed E-state index contributed by atoms with van der Waals surface area (Å²) in [5.41, 5.74) is 2.46. The molecule has 0 saturated heterocycles. The van der Waals surface area contributed by atoms with E-state index in [2.05, 4.69) is 11.0 Å². The van der Waals surface area contributed by atoms with E-state index in [1.54, 1.807) is 12.1 Å². The van der Waals surface area contributed by atoms with Gasteiger partial charge in [0, 0.05) is 24.8 Å². The number of hydrogen-bond acceptors (Lipinski definition) is 2. The number of aryl methyl sites for hydroxylation is 1. The Morgan fingerprint density at radius 3 is 2.65 bits per heavy atom. The standard InChI is InChI=1S/C13H16N2O2/c1-14(2)8-11-6-9-4-5-10(13(16)17)7-12(9)15(11)3/h4-7H,8H2,1-3H3,(H,16,17). The average Bonchev–Trinajstić information content (AvgIpc) is 2.55. The first-order valence-electron chi connectivity index (χ1n) is 5.45. The van der Waals surface area contributed by atoms with E-state index in [0.717, 1.165) is 17.4 Å². The number of rotatable bonds is 3. The molecule has 0 amide bonds. The summed E-state index contributed by atoms with van der Waals surface area (Å²) in [5.74, 6) is -0.887. The highest BCUT2D eigenvalue weighted by molar-refractivity contribution is 5.93. The Hall–Kier alpha value is -1.81. The normalized spacial score (nSPS) is 11.3. The lowest BCUT2D eigenvalue weighted by molar-refractivity contribution is 0.0697. The first-order valence-corrected chi connectivity index (χ1v) is 5.45. The van der Waals surface area contributed by atoms with Gasteiger partial charge in [-0.25, -0.2) is 4.79 Å². The Labute approximate surface area is 100 Å². The van der Waals surface area contributed by atoms with Crippen LogP contribution in [0.4, 0.5) is 0 Å². The van der Waals surface area contributed by atoms with Gasteiger partial charge in [-0.15, -0.1) is 0 Å². The van der Waals surface area contributed by atoms with Gasteiger partial charge in [-0.05, 0) is 37.7 Å². The molecule has 0 unspecified atom stereocenters. The van der Waals surface area contributed by atoms with Crippen molar-refractivity contribution in [1.82, 2.24) is 9.47 Å². The van der Waals surface area contributed by atoms with Gasteiger partial charge in [-0.1, -0.05) is 6.07 Å². The van der Waals surface area contributed by atoms with Crippen LogP contribution in [0.25, 0.3) is 10.9 Å². The minimum atomic E-state index is -0.887. The van der Waals surface area contributed by atoms with Crippen molar-refractivity contribution in [2.75, 3.05) is 14.1 Å². The maximum Gasteiger partial charge on any atom is 0.335 e. The lowest BCUT2D eigenvalue weighted by Crippen LogP contribution is -2.13. The summed E-state index contributed by atoms with van der Waals surface area (Å²) >= 11 is 0. The van der Waals surface area contributed by atoms with E-state index >= 15 is 0 Å². The molecule has 0 saturated carbocycles. The van der Waals surface area contributed by atoms with Crippen LogP contribution in [0.3, 0.4) is 0 Å². The van der Waals surface area contributed by atoms with E-state index < -0.39 is 5.97 Å². The second-order valence-electron chi connectivity index (χ2n) is 4.51. The van der Waals surface area contributed by atoms with Crippen LogP contribution in [0.15, 0.2) is 24.3 Å². The molecule has 4 heteroatoms. The SMILES string of the molecule is CN(C)Cc1cc2ccc(C(=O)O)cc2n1C. The van der Waals surface area contributed by atoms with E-state index in [9.17, 15) is 4.79 Å². The fourth-order valence-electron chi connectivity index (χ4n) is 2.00. The number of nitrogens with zero attached hydrogens (tertiary/aromatic N) is 2. The largest absolute Gasteiger partial charge is 0.478 e. The van der Waals surface area contributed by atoms with Gasteiger partial charge < -0.3 is 14.6 Å². The molecule has 0 atom stereocenters. The third kappa shape index (κ3) is 2.17. The van der Waals surface area contributed by atoms with Gasteiger partial charge in [0.25, 0.3) is 0 Å². The third-order valence-electron chi connectivity index (χ3n) is 2.87. The molecule has 0 radical (unpaired) electrons. The summed E-state index contributed by atoms with van der Waals surface area (Å²) in [7, 11) is 5.99. The smallest absolute Gasteiger partial charge is 0.335 e. The lowest BCUT2D eigenvalue weighted by atomic mass is 10.1. The monoisotopic (exact) mass is 232 g/mol. The minimum absolute atomic E-state index is 0.329. The highest BCUT2D eigenvalue weighted by Gasteiger charge is 2.09. The van der Waals surface area contributed by atoms with Crippen LogP contribution in [0.2, 0.25) is 0 Å². The molecule has 1 aromatic heterocycles. The van der Waals surface area contributed by atoms with Crippen molar-refractivity contribution >= 4 is 16.9 Å². The van der Waals surface area contributed by atoms with Gasteiger partial charge in [0.05, 0.1) is 5.56 Å². The molecule has 4 nitrogen and oxygen atoms in total. The van der Waals surface area contributed by atoms with E-state index in [4.69, 9.17) is 5.11 Å². The zero-order valence-corrected chi connectivity index (χ0v) is 10.3. The van der Waals surface area contributed by atoms with Crippen molar-refractivity contribution < 1.29 is 9.90 Å². The predicted octanol–water partition coefficient (Wildman–Crippen LogP) is 1.94. The number of carbonyl (C=O) groups is 1. The van der Waals surface area contributed by atoms with Crippen LogP contribution in [0, 0.1) is 0 Å². The Bertz CT molecular complexity index is 570. The topological polar surface area (TPSA) is 45.5 Å². The number of aromatic nitrogens is 1. The minimum Gasteiger partial charge on any atom is -0.478 e. The van der Waals surface area contributed by atoms with Gasteiger partial charge in [0.2, 0.25) is 0 Å². The Balaban J connectivity index is 2.54. The molecule has 0 fully saturated rings. The van der Waals surface area contributed by atoms with Gasteiger partial charge in [0.15, 0.2) is 0 Å². The summed E-state index contributed by atoms with van der Waals surface area (Å²) in [6, 6.07) is 7.32. The molecule has 1 aromatic carbocycles. The maximum atomic E-state index is 10.9.